The van der Waals surface area contributed by atoms with Crippen molar-refractivity contribution < 1.29 is 10.2 Å². The molecule has 0 bridgehead atoms. The first-order valence-electron chi connectivity index (χ1n) is 9.89. The topological polar surface area (TPSA) is 40.5 Å². The average molecular weight is 367 g/mol. The lowest BCUT2D eigenvalue weighted by Crippen LogP contribution is -2.14. The Balaban J connectivity index is 2.73. The van der Waals surface area contributed by atoms with Crippen LogP contribution in [0.15, 0.2) is 30.8 Å². The number of rotatable bonds is 5. The van der Waals surface area contributed by atoms with E-state index in [0.29, 0.717) is 5.75 Å². The molecule has 0 saturated carbocycles. The van der Waals surface area contributed by atoms with Gasteiger partial charge in [0.05, 0.1) is 0 Å². The molecule has 2 N–H and O–H groups in total. The van der Waals surface area contributed by atoms with Gasteiger partial charge in [0.15, 0.2) is 0 Å². The summed E-state index contributed by atoms with van der Waals surface area (Å²) in [7, 11) is 0. The maximum atomic E-state index is 11.1. The molecule has 2 aromatic rings. The molecule has 2 rings (SSSR count). The van der Waals surface area contributed by atoms with Gasteiger partial charge in [0.25, 0.3) is 0 Å². The van der Waals surface area contributed by atoms with E-state index in [1.807, 2.05) is 13.0 Å². The summed E-state index contributed by atoms with van der Waals surface area (Å²) in [6.45, 7) is 18.6. The van der Waals surface area contributed by atoms with Crippen LogP contribution in [0.5, 0.6) is 11.5 Å². The van der Waals surface area contributed by atoms with Gasteiger partial charge in [0.2, 0.25) is 0 Å². The Labute approximate surface area is 164 Å². The van der Waals surface area contributed by atoms with Gasteiger partial charge in [-0.15, -0.1) is 0 Å². The highest BCUT2D eigenvalue weighted by molar-refractivity contribution is 5.70. The van der Waals surface area contributed by atoms with Gasteiger partial charge in [-0.1, -0.05) is 66.3 Å². The van der Waals surface area contributed by atoms with Crippen molar-refractivity contribution in [2.24, 2.45) is 0 Å². The van der Waals surface area contributed by atoms with Crippen LogP contribution in [0, 0.1) is 0 Å². The predicted octanol–water partition coefficient (Wildman–Crippen LogP) is 6.71. The molecule has 27 heavy (non-hydrogen) atoms. The highest BCUT2D eigenvalue weighted by atomic mass is 16.3. The highest BCUT2D eigenvalue weighted by Gasteiger charge is 2.25. The van der Waals surface area contributed by atoms with E-state index in [9.17, 15) is 10.2 Å². The van der Waals surface area contributed by atoms with Crippen LogP contribution in [0.25, 0.3) is 5.57 Å². The fourth-order valence-electron chi connectivity index (χ4n) is 3.57. The Morgan fingerprint density at radius 2 is 1.41 bits per heavy atom. The van der Waals surface area contributed by atoms with E-state index in [4.69, 9.17) is 0 Å². The first-order valence-corrected chi connectivity index (χ1v) is 9.89. The minimum Gasteiger partial charge on any atom is -0.507 e. The predicted molar refractivity (Wildman–Crippen MR) is 116 cm³/mol. The van der Waals surface area contributed by atoms with Gasteiger partial charge < -0.3 is 10.2 Å². The molecule has 0 saturated heterocycles. The van der Waals surface area contributed by atoms with Gasteiger partial charge >= 0.3 is 0 Å². The Kier molecular flexibility index (Phi) is 6.09. The summed E-state index contributed by atoms with van der Waals surface area (Å²) < 4.78 is 0. The van der Waals surface area contributed by atoms with E-state index in [-0.39, 0.29) is 17.1 Å². The third-order valence-corrected chi connectivity index (χ3v) is 5.42. The quantitative estimate of drug-likeness (QED) is 0.617. The molecule has 0 aliphatic carbocycles. The lowest BCUT2D eigenvalue weighted by molar-refractivity contribution is 0.435. The summed E-state index contributed by atoms with van der Waals surface area (Å²) in [6, 6.07) is 8.25. The minimum absolute atomic E-state index is 0.123. The Bertz CT molecular complexity index is 854. The number of aryl methyl sites for hydroxylation is 2. The molecule has 0 aliphatic rings. The monoisotopic (exact) mass is 366 g/mol. The molecule has 0 heterocycles. The molecule has 0 aliphatic heterocycles. The number of phenolic OH excluding ortho intramolecular Hbond substituents is 2. The summed E-state index contributed by atoms with van der Waals surface area (Å²) in [4.78, 5) is 0. The van der Waals surface area contributed by atoms with E-state index in [2.05, 4.69) is 66.3 Å². The average Bonchev–Trinajstić information content (AvgIpc) is 2.60. The zero-order valence-electron chi connectivity index (χ0n) is 17.9. The number of allylic oxidation sites excluding steroid dienone is 1. The second kappa shape index (κ2) is 7.80. The fourth-order valence-corrected chi connectivity index (χ4v) is 3.57. The number of benzene rings is 2. The molecule has 2 nitrogen and oxygen atoms in total. The molecule has 2 heteroatoms. The zero-order valence-corrected chi connectivity index (χ0v) is 17.9. The molecule has 1 atom stereocenters. The van der Waals surface area contributed by atoms with Crippen LogP contribution in [0.1, 0.15) is 87.8 Å². The summed E-state index contributed by atoms with van der Waals surface area (Å²) in [5.74, 6) is 0.485. The molecule has 0 spiro atoms. The van der Waals surface area contributed by atoms with Crippen LogP contribution >= 0.6 is 0 Å². The van der Waals surface area contributed by atoms with Gasteiger partial charge in [-0.05, 0) is 53.5 Å². The van der Waals surface area contributed by atoms with Crippen molar-refractivity contribution in [2.45, 2.75) is 72.6 Å². The summed E-state index contributed by atoms with van der Waals surface area (Å²) in [6.07, 6.45) is 1.79. The second-order valence-corrected chi connectivity index (χ2v) is 8.62. The van der Waals surface area contributed by atoms with Crippen molar-refractivity contribution in [1.29, 1.82) is 0 Å². The van der Waals surface area contributed by atoms with Crippen LogP contribution in [-0.2, 0) is 18.3 Å². The normalized spacial score (nSPS) is 12.9. The highest BCUT2D eigenvalue weighted by Crippen LogP contribution is 2.43. The van der Waals surface area contributed by atoms with Gasteiger partial charge in [-0.3, -0.25) is 0 Å². The second-order valence-electron chi connectivity index (χ2n) is 8.62. The first kappa shape index (κ1) is 21.1. The van der Waals surface area contributed by atoms with Crippen LogP contribution in [0.3, 0.4) is 0 Å². The number of hydrogen-bond acceptors (Lipinski definition) is 2. The number of phenols is 2. The lowest BCUT2D eigenvalue weighted by atomic mass is 9.80. The lowest BCUT2D eigenvalue weighted by Gasteiger charge is -2.26. The molecular formula is C25H34O2. The van der Waals surface area contributed by atoms with Crippen LogP contribution in [0.2, 0.25) is 0 Å². The van der Waals surface area contributed by atoms with Crippen molar-refractivity contribution >= 4 is 5.57 Å². The standard InChI is InChI=1S/C25H34O2/c1-9-17-11-19(15(3)4)23(26)20(12-17)16(5)21-13-18(10-2)14-22(24(21)27)25(6,7)8/h11-14,16,26-27H,3,9-10H2,1-2,4-8H3. The van der Waals surface area contributed by atoms with E-state index in [1.165, 1.54) is 5.56 Å². The van der Waals surface area contributed by atoms with Crippen molar-refractivity contribution in [1.82, 2.24) is 0 Å². The van der Waals surface area contributed by atoms with Crippen LogP contribution in [0.4, 0.5) is 0 Å². The Morgan fingerprint density at radius 1 is 0.926 bits per heavy atom. The minimum atomic E-state index is -0.153. The smallest absolute Gasteiger partial charge is 0.126 e. The zero-order chi connectivity index (χ0) is 20.5. The molecule has 0 amide bonds. The first-order chi connectivity index (χ1) is 12.5. The van der Waals surface area contributed by atoms with Crippen molar-refractivity contribution in [3.05, 3.63) is 64.2 Å². The van der Waals surface area contributed by atoms with Gasteiger partial charge in [0.1, 0.15) is 11.5 Å². The molecule has 146 valence electrons. The molecule has 0 aromatic heterocycles. The van der Waals surface area contributed by atoms with E-state index < -0.39 is 0 Å². The van der Waals surface area contributed by atoms with Gasteiger partial charge in [0, 0.05) is 22.6 Å². The van der Waals surface area contributed by atoms with Crippen LogP contribution in [-0.4, -0.2) is 10.2 Å². The Hall–Kier alpha value is -2.22. The van der Waals surface area contributed by atoms with E-state index in [0.717, 1.165) is 46.2 Å². The number of hydrogen-bond donors (Lipinski definition) is 2. The molecule has 0 radical (unpaired) electrons. The third kappa shape index (κ3) is 4.21. The van der Waals surface area contributed by atoms with Gasteiger partial charge in [-0.25, -0.2) is 0 Å². The summed E-state index contributed by atoms with van der Waals surface area (Å²) in [5.41, 5.74) is 6.51. The van der Waals surface area contributed by atoms with Crippen molar-refractivity contribution in [3.8, 4) is 11.5 Å². The maximum absolute atomic E-state index is 11.1. The van der Waals surface area contributed by atoms with E-state index >= 15 is 0 Å². The van der Waals surface area contributed by atoms with Crippen molar-refractivity contribution in [3.63, 3.8) is 0 Å². The fraction of sp³-hybridized carbons (Fsp3) is 0.440. The van der Waals surface area contributed by atoms with Gasteiger partial charge in [-0.2, -0.15) is 0 Å². The maximum Gasteiger partial charge on any atom is 0.126 e. The third-order valence-electron chi connectivity index (χ3n) is 5.42. The van der Waals surface area contributed by atoms with Crippen molar-refractivity contribution in [2.75, 3.05) is 0 Å². The summed E-state index contributed by atoms with van der Waals surface area (Å²) >= 11 is 0. The summed E-state index contributed by atoms with van der Waals surface area (Å²) in [5, 5.41) is 22.0. The molecule has 1 unspecified atom stereocenters. The largest absolute Gasteiger partial charge is 0.507 e. The SMILES string of the molecule is C=C(C)c1cc(CC)cc(C(C)c2cc(CC)cc(C(C)(C)C)c2O)c1O. The molecule has 0 fully saturated rings. The molecular weight excluding hydrogens is 332 g/mol. The molecule has 2 aromatic carbocycles. The number of aromatic hydroxyl groups is 2. The van der Waals surface area contributed by atoms with E-state index in [1.54, 1.807) is 0 Å². The van der Waals surface area contributed by atoms with Crippen LogP contribution < -0.4 is 0 Å². The Morgan fingerprint density at radius 3 is 1.85 bits per heavy atom.